The number of rotatable bonds is 7. The molecule has 0 aliphatic heterocycles. The highest BCUT2D eigenvalue weighted by atomic mass is 79.9. The van der Waals surface area contributed by atoms with Crippen molar-refractivity contribution in [1.29, 1.82) is 0 Å². The van der Waals surface area contributed by atoms with Crippen LogP contribution in [-0.4, -0.2) is 25.6 Å². The molecule has 0 spiro atoms. The first-order valence-electron chi connectivity index (χ1n) is 9.73. The van der Waals surface area contributed by atoms with Crippen LogP contribution in [0.5, 0.6) is 5.75 Å². The molecule has 8 heteroatoms. The molecule has 3 aromatic rings. The first-order chi connectivity index (χ1) is 15.3. The summed E-state index contributed by atoms with van der Waals surface area (Å²) < 4.78 is 11.5. The molecule has 0 aliphatic carbocycles. The topological polar surface area (TPSA) is 64.6 Å². The molecule has 3 rings (SSSR count). The van der Waals surface area contributed by atoms with Crippen LogP contribution in [0.15, 0.2) is 53.0 Å². The number of nitrogens with one attached hydrogen (secondary N) is 1. The van der Waals surface area contributed by atoms with Gasteiger partial charge in [0.15, 0.2) is 0 Å². The molecule has 0 saturated carbocycles. The van der Waals surface area contributed by atoms with Crippen LogP contribution in [0.1, 0.15) is 27.7 Å². The molecule has 0 fully saturated rings. The summed E-state index contributed by atoms with van der Waals surface area (Å²) in [5.41, 5.74) is 2.52. The van der Waals surface area contributed by atoms with Gasteiger partial charge >= 0.3 is 5.97 Å². The third-order valence-electron chi connectivity index (χ3n) is 4.51. The number of thiophene rings is 1. The van der Waals surface area contributed by atoms with Crippen molar-refractivity contribution in [3.05, 3.63) is 74.0 Å². The SMILES string of the molecule is CCOc1ccc(Br)cc1/C=C/C(=O)Nc1sc(C)c(-c2cccc(Cl)c2)c1C(=O)OC. The van der Waals surface area contributed by atoms with Crippen molar-refractivity contribution in [2.24, 2.45) is 0 Å². The van der Waals surface area contributed by atoms with Gasteiger partial charge in [0, 0.05) is 31.6 Å². The van der Waals surface area contributed by atoms with E-state index in [0.717, 1.165) is 20.5 Å². The Morgan fingerprint density at radius 1 is 1.22 bits per heavy atom. The lowest BCUT2D eigenvalue weighted by molar-refractivity contribution is -0.111. The van der Waals surface area contributed by atoms with Crippen molar-refractivity contribution in [2.75, 3.05) is 19.0 Å². The third-order valence-corrected chi connectivity index (χ3v) is 6.26. The molecule has 0 aliphatic rings. The van der Waals surface area contributed by atoms with Gasteiger partial charge in [-0.2, -0.15) is 0 Å². The maximum Gasteiger partial charge on any atom is 0.341 e. The van der Waals surface area contributed by atoms with Crippen LogP contribution in [0, 0.1) is 6.92 Å². The molecule has 1 N–H and O–H groups in total. The van der Waals surface area contributed by atoms with E-state index < -0.39 is 5.97 Å². The second-order valence-corrected chi connectivity index (χ2v) is 9.25. The molecule has 0 unspecified atom stereocenters. The average molecular weight is 535 g/mol. The standard InChI is InChI=1S/C24H21BrClNO4S/c1-4-31-19-10-9-17(25)12-15(19)8-11-20(28)27-23-22(24(29)30-3)21(14(2)32-23)16-6-5-7-18(26)13-16/h5-13H,4H2,1-3H3,(H,27,28)/b11-8+. The number of aryl methyl sites for hydroxylation is 1. The lowest BCUT2D eigenvalue weighted by Crippen LogP contribution is -2.11. The molecule has 1 aromatic heterocycles. The van der Waals surface area contributed by atoms with Crippen LogP contribution in [0.3, 0.4) is 0 Å². The first-order valence-corrected chi connectivity index (χ1v) is 11.7. The van der Waals surface area contributed by atoms with E-state index in [0.29, 0.717) is 33.5 Å². The summed E-state index contributed by atoms with van der Waals surface area (Å²) in [6.07, 6.45) is 3.07. The molecular weight excluding hydrogens is 514 g/mol. The summed E-state index contributed by atoms with van der Waals surface area (Å²) in [6.45, 7) is 4.29. The zero-order chi connectivity index (χ0) is 23.3. The van der Waals surface area contributed by atoms with E-state index in [1.54, 1.807) is 18.2 Å². The molecule has 32 heavy (non-hydrogen) atoms. The zero-order valence-corrected chi connectivity index (χ0v) is 20.9. The van der Waals surface area contributed by atoms with E-state index in [4.69, 9.17) is 21.1 Å². The summed E-state index contributed by atoms with van der Waals surface area (Å²) >= 11 is 10.9. The van der Waals surface area contributed by atoms with Crippen LogP contribution in [0.4, 0.5) is 5.00 Å². The van der Waals surface area contributed by atoms with E-state index in [1.807, 2.05) is 44.2 Å². The van der Waals surface area contributed by atoms with Crippen molar-refractivity contribution in [3.63, 3.8) is 0 Å². The van der Waals surface area contributed by atoms with E-state index in [-0.39, 0.29) is 5.91 Å². The van der Waals surface area contributed by atoms with Crippen LogP contribution < -0.4 is 10.1 Å². The summed E-state index contributed by atoms with van der Waals surface area (Å²) in [6, 6.07) is 12.8. The minimum Gasteiger partial charge on any atom is -0.493 e. The lowest BCUT2D eigenvalue weighted by atomic mass is 10.0. The van der Waals surface area contributed by atoms with E-state index in [2.05, 4.69) is 21.2 Å². The highest BCUT2D eigenvalue weighted by molar-refractivity contribution is 9.10. The molecule has 166 valence electrons. The number of hydrogen-bond acceptors (Lipinski definition) is 5. The fraction of sp³-hybridized carbons (Fsp3) is 0.167. The molecule has 0 bridgehead atoms. The molecule has 1 amide bonds. The van der Waals surface area contributed by atoms with Crippen molar-refractivity contribution >= 4 is 61.8 Å². The highest BCUT2D eigenvalue weighted by Crippen LogP contribution is 2.41. The van der Waals surface area contributed by atoms with Gasteiger partial charge in [0.25, 0.3) is 0 Å². The van der Waals surface area contributed by atoms with Gasteiger partial charge in [0.1, 0.15) is 16.3 Å². The Morgan fingerprint density at radius 3 is 2.69 bits per heavy atom. The summed E-state index contributed by atoms with van der Waals surface area (Å²) in [4.78, 5) is 26.2. The number of halogens is 2. The largest absolute Gasteiger partial charge is 0.493 e. The third kappa shape index (κ3) is 5.59. The quantitative estimate of drug-likeness (QED) is 0.262. The van der Waals surface area contributed by atoms with Gasteiger partial charge in [0.05, 0.1) is 13.7 Å². The van der Waals surface area contributed by atoms with Crippen molar-refractivity contribution < 1.29 is 19.1 Å². The Morgan fingerprint density at radius 2 is 2.00 bits per heavy atom. The lowest BCUT2D eigenvalue weighted by Gasteiger charge is -2.08. The average Bonchev–Trinajstić information content (AvgIpc) is 3.08. The van der Waals surface area contributed by atoms with Crippen molar-refractivity contribution in [2.45, 2.75) is 13.8 Å². The fourth-order valence-electron chi connectivity index (χ4n) is 3.18. The Labute approximate surface area is 204 Å². The predicted molar refractivity (Wildman–Crippen MR) is 134 cm³/mol. The number of esters is 1. The fourth-order valence-corrected chi connectivity index (χ4v) is 4.81. The molecule has 0 radical (unpaired) electrons. The molecule has 1 heterocycles. The Kier molecular flexibility index (Phi) is 8.12. The molecule has 0 saturated heterocycles. The predicted octanol–water partition coefficient (Wildman–Crippen LogP) is 6.98. The van der Waals surface area contributed by atoms with E-state index in [1.165, 1.54) is 24.5 Å². The number of hydrogen-bond donors (Lipinski definition) is 1. The Hall–Kier alpha value is -2.61. The zero-order valence-electron chi connectivity index (χ0n) is 17.7. The maximum atomic E-state index is 12.7. The Bertz CT molecular complexity index is 1190. The highest BCUT2D eigenvalue weighted by Gasteiger charge is 2.25. The number of anilines is 1. The smallest absolute Gasteiger partial charge is 0.341 e. The van der Waals surface area contributed by atoms with Gasteiger partial charge < -0.3 is 14.8 Å². The van der Waals surface area contributed by atoms with Crippen LogP contribution in [0.2, 0.25) is 5.02 Å². The number of carbonyl (C=O) groups is 2. The minimum atomic E-state index is -0.533. The molecular formula is C24H21BrClNO4S. The van der Waals surface area contributed by atoms with Crippen molar-refractivity contribution in [1.82, 2.24) is 0 Å². The second kappa shape index (κ2) is 10.8. The van der Waals surface area contributed by atoms with Crippen LogP contribution >= 0.6 is 38.9 Å². The first kappa shape index (κ1) is 24.0. The van der Waals surface area contributed by atoms with Crippen LogP contribution in [-0.2, 0) is 9.53 Å². The minimum absolute atomic E-state index is 0.302. The van der Waals surface area contributed by atoms with Gasteiger partial charge in [-0.05, 0) is 55.8 Å². The monoisotopic (exact) mass is 533 g/mol. The maximum absolute atomic E-state index is 12.7. The van der Waals surface area contributed by atoms with Gasteiger partial charge in [-0.15, -0.1) is 11.3 Å². The molecule has 2 aromatic carbocycles. The van der Waals surface area contributed by atoms with Gasteiger partial charge in [-0.1, -0.05) is 39.7 Å². The number of amides is 1. The van der Waals surface area contributed by atoms with Gasteiger partial charge in [-0.25, -0.2) is 4.79 Å². The van der Waals surface area contributed by atoms with E-state index in [9.17, 15) is 9.59 Å². The molecule has 5 nitrogen and oxygen atoms in total. The van der Waals surface area contributed by atoms with E-state index >= 15 is 0 Å². The van der Waals surface area contributed by atoms with Gasteiger partial charge in [0.2, 0.25) is 5.91 Å². The Balaban J connectivity index is 1.93. The number of benzene rings is 2. The summed E-state index contributed by atoms with van der Waals surface area (Å²) in [7, 11) is 1.31. The number of methoxy groups -OCH3 is 1. The van der Waals surface area contributed by atoms with Crippen molar-refractivity contribution in [3.8, 4) is 16.9 Å². The number of ether oxygens (including phenoxy) is 2. The summed E-state index contributed by atoms with van der Waals surface area (Å²) in [5, 5.41) is 3.78. The summed E-state index contributed by atoms with van der Waals surface area (Å²) in [5.74, 6) is -0.240. The van der Waals surface area contributed by atoms with Crippen LogP contribution in [0.25, 0.3) is 17.2 Å². The van der Waals surface area contributed by atoms with Gasteiger partial charge in [-0.3, -0.25) is 4.79 Å². The molecule has 0 atom stereocenters. The normalized spacial score (nSPS) is 10.9. The number of carbonyl (C=O) groups excluding carboxylic acids is 2. The second-order valence-electron chi connectivity index (χ2n) is 6.68.